The minimum Gasteiger partial charge on any atom is -0.477 e. The lowest BCUT2D eigenvalue weighted by atomic mass is 9.70. The second-order valence-corrected chi connectivity index (χ2v) is 7.23. The summed E-state index contributed by atoms with van der Waals surface area (Å²) in [7, 11) is 0. The molecular formula is C17H23NO3. The molecule has 2 saturated carbocycles. The van der Waals surface area contributed by atoms with Gasteiger partial charge in [0.1, 0.15) is 0 Å². The monoisotopic (exact) mass is 289 g/mol. The summed E-state index contributed by atoms with van der Waals surface area (Å²) in [4.78, 5) is 15.1. The highest BCUT2D eigenvalue weighted by molar-refractivity contribution is 5.86. The molecule has 0 amide bonds. The maximum atomic E-state index is 11.2. The molecule has 0 aromatic carbocycles. The van der Waals surface area contributed by atoms with Gasteiger partial charge < -0.3 is 9.84 Å². The van der Waals surface area contributed by atoms with Crippen molar-refractivity contribution in [1.82, 2.24) is 4.98 Å². The Kier molecular flexibility index (Phi) is 3.32. The number of carbonyl (C=O) groups is 1. The van der Waals surface area contributed by atoms with Gasteiger partial charge >= 0.3 is 5.97 Å². The van der Waals surface area contributed by atoms with Gasteiger partial charge in [0, 0.05) is 11.8 Å². The van der Waals surface area contributed by atoms with Crippen LogP contribution in [-0.4, -0.2) is 22.2 Å². The van der Waals surface area contributed by atoms with Gasteiger partial charge in [-0.25, -0.2) is 9.78 Å². The number of ether oxygens (including phenoxy) is 1. The minimum atomic E-state index is -0.992. The Bertz CT molecular complexity index is 569. The van der Waals surface area contributed by atoms with Crippen LogP contribution in [0.4, 0.5) is 0 Å². The summed E-state index contributed by atoms with van der Waals surface area (Å²) < 4.78 is 6.15. The van der Waals surface area contributed by atoms with Crippen LogP contribution < -0.4 is 0 Å². The van der Waals surface area contributed by atoms with Crippen LogP contribution in [0, 0.1) is 16.7 Å². The highest BCUT2D eigenvalue weighted by Crippen LogP contribution is 2.66. The van der Waals surface area contributed by atoms with Crippen molar-refractivity contribution >= 4 is 5.97 Å². The van der Waals surface area contributed by atoms with E-state index in [1.807, 2.05) is 0 Å². The van der Waals surface area contributed by atoms with Gasteiger partial charge in [0.15, 0.2) is 5.69 Å². The number of aromatic carboxylic acids is 1. The molecule has 0 saturated heterocycles. The van der Waals surface area contributed by atoms with E-state index in [2.05, 4.69) is 25.8 Å². The molecular weight excluding hydrogens is 266 g/mol. The molecule has 0 spiro atoms. The van der Waals surface area contributed by atoms with Crippen molar-refractivity contribution in [3.05, 3.63) is 29.6 Å². The lowest BCUT2D eigenvalue weighted by Crippen LogP contribution is -2.37. The molecule has 2 fully saturated rings. The molecule has 2 bridgehead atoms. The molecule has 4 heteroatoms. The number of fused-ring (bicyclic) bond motifs is 2. The first-order valence-corrected chi connectivity index (χ1v) is 7.65. The lowest BCUT2D eigenvalue weighted by Gasteiger charge is -2.39. The van der Waals surface area contributed by atoms with Crippen molar-refractivity contribution in [1.29, 1.82) is 0 Å². The molecule has 1 heterocycles. The molecule has 2 aliphatic carbocycles. The molecule has 3 atom stereocenters. The van der Waals surface area contributed by atoms with E-state index < -0.39 is 5.97 Å². The van der Waals surface area contributed by atoms with Crippen LogP contribution in [0.15, 0.2) is 18.3 Å². The average molecular weight is 289 g/mol. The fourth-order valence-corrected chi connectivity index (χ4v) is 4.32. The third kappa shape index (κ3) is 2.08. The van der Waals surface area contributed by atoms with E-state index in [4.69, 9.17) is 4.74 Å². The summed E-state index contributed by atoms with van der Waals surface area (Å²) in [6.07, 6.45) is 5.30. The first-order valence-electron chi connectivity index (χ1n) is 7.65. The average Bonchev–Trinajstić information content (AvgIpc) is 2.78. The fourth-order valence-electron chi connectivity index (χ4n) is 4.32. The molecule has 1 aromatic heterocycles. The van der Waals surface area contributed by atoms with Crippen LogP contribution in [0.2, 0.25) is 0 Å². The van der Waals surface area contributed by atoms with E-state index in [1.54, 1.807) is 12.1 Å². The van der Waals surface area contributed by atoms with Crippen LogP contribution in [0.1, 0.15) is 56.1 Å². The van der Waals surface area contributed by atoms with Gasteiger partial charge in [-0.2, -0.15) is 0 Å². The number of pyridine rings is 1. The van der Waals surface area contributed by atoms with Crippen molar-refractivity contribution in [2.45, 2.75) is 52.7 Å². The first kappa shape index (κ1) is 14.5. The Labute approximate surface area is 125 Å². The van der Waals surface area contributed by atoms with Crippen LogP contribution >= 0.6 is 0 Å². The van der Waals surface area contributed by atoms with E-state index in [0.29, 0.717) is 17.6 Å². The normalized spacial score (nSPS) is 33.3. The smallest absolute Gasteiger partial charge is 0.354 e. The molecule has 4 nitrogen and oxygen atoms in total. The van der Waals surface area contributed by atoms with Crippen molar-refractivity contribution < 1.29 is 14.6 Å². The minimum absolute atomic E-state index is 0.102. The summed E-state index contributed by atoms with van der Waals surface area (Å²) in [6.45, 7) is 7.35. The van der Waals surface area contributed by atoms with Crippen LogP contribution in [0.5, 0.6) is 0 Å². The van der Waals surface area contributed by atoms with Crippen molar-refractivity contribution in [3.8, 4) is 0 Å². The predicted molar refractivity (Wildman–Crippen MR) is 79.0 cm³/mol. The van der Waals surface area contributed by atoms with Crippen LogP contribution in [0.3, 0.4) is 0 Å². The van der Waals surface area contributed by atoms with E-state index in [-0.39, 0.29) is 17.2 Å². The van der Waals surface area contributed by atoms with E-state index in [1.165, 1.54) is 19.0 Å². The Morgan fingerprint density at radius 1 is 1.48 bits per heavy atom. The van der Waals surface area contributed by atoms with Gasteiger partial charge in [0.2, 0.25) is 0 Å². The summed E-state index contributed by atoms with van der Waals surface area (Å²) in [5, 5.41) is 9.18. The Morgan fingerprint density at radius 3 is 2.81 bits per heavy atom. The standard InChI is InChI=1S/C17H23NO3/c1-16(2)12-6-7-17(16,3)13(9-12)21-10-11-5-4-8-18-14(11)15(19)20/h4-5,8,12-13H,6-7,9-10H2,1-3H3,(H,19,20). The molecule has 1 N–H and O–H groups in total. The second kappa shape index (κ2) is 4.80. The molecule has 2 aliphatic rings. The molecule has 0 aliphatic heterocycles. The molecule has 21 heavy (non-hydrogen) atoms. The van der Waals surface area contributed by atoms with Gasteiger partial charge in [0.25, 0.3) is 0 Å². The summed E-state index contributed by atoms with van der Waals surface area (Å²) in [5.41, 5.74) is 1.27. The third-order valence-corrected chi connectivity index (χ3v) is 6.25. The maximum absolute atomic E-state index is 11.2. The van der Waals surface area contributed by atoms with E-state index in [9.17, 15) is 9.90 Å². The number of hydrogen-bond donors (Lipinski definition) is 1. The predicted octanol–water partition coefficient (Wildman–Crippen LogP) is 3.51. The molecule has 0 radical (unpaired) electrons. The van der Waals surface area contributed by atoms with Gasteiger partial charge in [0.05, 0.1) is 12.7 Å². The van der Waals surface area contributed by atoms with Crippen molar-refractivity contribution in [3.63, 3.8) is 0 Å². The van der Waals surface area contributed by atoms with Gasteiger partial charge in [-0.3, -0.25) is 0 Å². The molecule has 1 aromatic rings. The quantitative estimate of drug-likeness (QED) is 0.921. The zero-order valence-electron chi connectivity index (χ0n) is 12.9. The number of carboxylic acid groups (broad SMARTS) is 1. The fraction of sp³-hybridized carbons (Fsp3) is 0.647. The van der Waals surface area contributed by atoms with Crippen molar-refractivity contribution in [2.24, 2.45) is 16.7 Å². The molecule has 114 valence electrons. The molecule has 3 unspecified atom stereocenters. The number of nitrogens with zero attached hydrogens (tertiary/aromatic N) is 1. The molecule has 3 rings (SSSR count). The Morgan fingerprint density at radius 2 is 2.24 bits per heavy atom. The maximum Gasteiger partial charge on any atom is 0.354 e. The number of rotatable bonds is 4. The van der Waals surface area contributed by atoms with Gasteiger partial charge in [-0.1, -0.05) is 26.8 Å². The summed E-state index contributed by atoms with van der Waals surface area (Å²) >= 11 is 0. The topological polar surface area (TPSA) is 59.4 Å². The van der Waals surface area contributed by atoms with Gasteiger partial charge in [-0.05, 0) is 42.1 Å². The van der Waals surface area contributed by atoms with E-state index in [0.717, 1.165) is 12.3 Å². The largest absolute Gasteiger partial charge is 0.477 e. The number of aromatic nitrogens is 1. The summed E-state index contributed by atoms with van der Waals surface area (Å²) in [5.74, 6) is -0.269. The van der Waals surface area contributed by atoms with Crippen molar-refractivity contribution in [2.75, 3.05) is 0 Å². The van der Waals surface area contributed by atoms with Crippen LogP contribution in [-0.2, 0) is 11.3 Å². The van der Waals surface area contributed by atoms with E-state index >= 15 is 0 Å². The summed E-state index contributed by atoms with van der Waals surface area (Å²) in [6, 6.07) is 3.55. The van der Waals surface area contributed by atoms with Crippen LogP contribution in [0.25, 0.3) is 0 Å². The first-order chi connectivity index (χ1) is 9.86. The number of hydrogen-bond acceptors (Lipinski definition) is 3. The van der Waals surface area contributed by atoms with Gasteiger partial charge in [-0.15, -0.1) is 0 Å². The second-order valence-electron chi connectivity index (χ2n) is 7.23. The highest BCUT2D eigenvalue weighted by atomic mass is 16.5. The number of carboxylic acids is 1. The lowest BCUT2D eigenvalue weighted by molar-refractivity contribution is -0.0553. The Balaban J connectivity index is 1.74. The Hall–Kier alpha value is -1.42. The third-order valence-electron chi connectivity index (χ3n) is 6.25. The highest BCUT2D eigenvalue weighted by Gasteiger charge is 2.61. The SMILES string of the molecule is CC1(C)C2CCC1(C)C(OCc1cccnc1C(=O)O)C2. The zero-order chi connectivity index (χ0) is 15.3. The zero-order valence-corrected chi connectivity index (χ0v) is 12.9.